The fourth-order valence-electron chi connectivity index (χ4n) is 1.38. The van der Waals surface area contributed by atoms with Gasteiger partial charge in [0.05, 0.1) is 19.2 Å². The Bertz CT molecular complexity index is 261. The van der Waals surface area contributed by atoms with Crippen molar-refractivity contribution in [2.45, 2.75) is 31.9 Å². The van der Waals surface area contributed by atoms with Gasteiger partial charge in [-0.1, -0.05) is 6.92 Å². The molecule has 1 aliphatic heterocycles. The lowest BCUT2D eigenvalue weighted by Crippen LogP contribution is -2.47. The topological polar surface area (TPSA) is 70.7 Å². The molecule has 0 spiro atoms. The molecule has 0 bridgehead atoms. The molecule has 1 amide bonds. The third-order valence-corrected chi connectivity index (χ3v) is 2.50. The van der Waals surface area contributed by atoms with Crippen molar-refractivity contribution < 1.29 is 14.3 Å². The number of epoxide rings is 1. The molecule has 0 aromatic rings. The summed E-state index contributed by atoms with van der Waals surface area (Å²) in [5.41, 5.74) is -0.659. The Morgan fingerprint density at radius 3 is 2.53 bits per heavy atom. The fraction of sp³-hybridized carbons (Fsp3) is 0.800. The van der Waals surface area contributed by atoms with Crippen LogP contribution >= 0.6 is 0 Å². The summed E-state index contributed by atoms with van der Waals surface area (Å²) < 4.78 is 5.07. The van der Waals surface area contributed by atoms with Crippen molar-refractivity contribution >= 4 is 11.7 Å². The third kappa shape index (κ3) is 3.00. The molecule has 1 fully saturated rings. The second-order valence-electron chi connectivity index (χ2n) is 3.94. The molecule has 2 atom stereocenters. The summed E-state index contributed by atoms with van der Waals surface area (Å²) in [6.45, 7) is 4.31. The van der Waals surface area contributed by atoms with Crippen LogP contribution in [0, 0.1) is 0 Å². The normalized spacial score (nSPS) is 25.8. The monoisotopic (exact) mass is 214 g/mol. The SMILES string of the molecule is CCC(NC(=O)CNC)C(=O)C1(C)CO1. The number of rotatable bonds is 6. The van der Waals surface area contributed by atoms with Gasteiger partial charge >= 0.3 is 0 Å². The summed E-state index contributed by atoms with van der Waals surface area (Å²) >= 11 is 0. The molecular weight excluding hydrogens is 196 g/mol. The Balaban J connectivity index is 2.48. The molecule has 0 aromatic carbocycles. The molecule has 86 valence electrons. The van der Waals surface area contributed by atoms with E-state index in [4.69, 9.17) is 4.74 Å². The molecule has 1 aliphatic rings. The van der Waals surface area contributed by atoms with Crippen LogP contribution in [0.3, 0.4) is 0 Å². The smallest absolute Gasteiger partial charge is 0.234 e. The maximum atomic E-state index is 11.8. The third-order valence-electron chi connectivity index (χ3n) is 2.50. The van der Waals surface area contributed by atoms with E-state index >= 15 is 0 Å². The van der Waals surface area contributed by atoms with Gasteiger partial charge < -0.3 is 15.4 Å². The quantitative estimate of drug-likeness (QED) is 0.582. The van der Waals surface area contributed by atoms with E-state index in [0.29, 0.717) is 13.0 Å². The fourth-order valence-corrected chi connectivity index (χ4v) is 1.38. The largest absolute Gasteiger partial charge is 0.361 e. The maximum absolute atomic E-state index is 11.8. The molecule has 5 heteroatoms. The van der Waals surface area contributed by atoms with Crippen LogP contribution in [0.4, 0.5) is 0 Å². The van der Waals surface area contributed by atoms with Crippen LogP contribution in [0.5, 0.6) is 0 Å². The number of ether oxygens (including phenoxy) is 1. The van der Waals surface area contributed by atoms with Crippen molar-refractivity contribution in [3.63, 3.8) is 0 Å². The first-order valence-corrected chi connectivity index (χ1v) is 5.15. The van der Waals surface area contributed by atoms with Crippen molar-refractivity contribution in [2.24, 2.45) is 0 Å². The minimum Gasteiger partial charge on any atom is -0.361 e. The molecule has 2 unspecified atom stereocenters. The van der Waals surface area contributed by atoms with Crippen molar-refractivity contribution in [3.8, 4) is 0 Å². The summed E-state index contributed by atoms with van der Waals surface area (Å²) in [4.78, 5) is 23.1. The predicted octanol–water partition coefficient (Wildman–Crippen LogP) is -0.541. The molecule has 1 saturated heterocycles. The van der Waals surface area contributed by atoms with E-state index in [1.54, 1.807) is 14.0 Å². The van der Waals surface area contributed by atoms with E-state index in [0.717, 1.165) is 0 Å². The summed E-state index contributed by atoms with van der Waals surface area (Å²) in [6.07, 6.45) is 0.591. The van der Waals surface area contributed by atoms with Gasteiger partial charge in [0.15, 0.2) is 5.78 Å². The molecule has 1 heterocycles. The highest BCUT2D eigenvalue weighted by Gasteiger charge is 2.49. The van der Waals surface area contributed by atoms with Crippen molar-refractivity contribution in [2.75, 3.05) is 20.2 Å². The highest BCUT2D eigenvalue weighted by atomic mass is 16.6. The average Bonchev–Trinajstić information content (AvgIpc) is 2.93. The zero-order chi connectivity index (χ0) is 11.5. The van der Waals surface area contributed by atoms with Crippen LogP contribution in [0.25, 0.3) is 0 Å². The molecule has 15 heavy (non-hydrogen) atoms. The molecule has 2 N–H and O–H groups in total. The van der Waals surface area contributed by atoms with Gasteiger partial charge in [0.2, 0.25) is 5.91 Å². The van der Waals surface area contributed by atoms with Crippen molar-refractivity contribution in [1.29, 1.82) is 0 Å². The minimum absolute atomic E-state index is 0.0329. The Morgan fingerprint density at radius 2 is 2.13 bits per heavy atom. The second kappa shape index (κ2) is 4.72. The summed E-state index contributed by atoms with van der Waals surface area (Å²) in [5.74, 6) is -0.198. The number of carbonyl (C=O) groups is 2. The molecular formula is C10H18N2O3. The van der Waals surface area contributed by atoms with Gasteiger partial charge in [-0.2, -0.15) is 0 Å². The van der Waals surface area contributed by atoms with Gasteiger partial charge in [0.1, 0.15) is 5.60 Å². The first kappa shape index (κ1) is 12.1. The number of carbonyl (C=O) groups excluding carboxylic acids is 2. The number of amides is 1. The van der Waals surface area contributed by atoms with Crippen molar-refractivity contribution in [1.82, 2.24) is 10.6 Å². The Morgan fingerprint density at radius 1 is 1.53 bits per heavy atom. The van der Waals surface area contributed by atoms with Gasteiger partial charge in [-0.3, -0.25) is 9.59 Å². The van der Waals surface area contributed by atoms with Crippen LogP contribution < -0.4 is 10.6 Å². The van der Waals surface area contributed by atoms with Crippen LogP contribution in [-0.4, -0.2) is 43.5 Å². The molecule has 0 aliphatic carbocycles. The highest BCUT2D eigenvalue weighted by molar-refractivity contribution is 5.96. The summed E-state index contributed by atoms with van der Waals surface area (Å²) in [5, 5.41) is 5.42. The van der Waals surface area contributed by atoms with Gasteiger partial charge in [-0.15, -0.1) is 0 Å². The van der Waals surface area contributed by atoms with E-state index in [1.165, 1.54) is 0 Å². The second-order valence-corrected chi connectivity index (χ2v) is 3.94. The zero-order valence-electron chi connectivity index (χ0n) is 9.42. The lowest BCUT2D eigenvalue weighted by molar-refractivity contribution is -0.130. The zero-order valence-corrected chi connectivity index (χ0v) is 9.42. The lowest BCUT2D eigenvalue weighted by Gasteiger charge is -2.17. The maximum Gasteiger partial charge on any atom is 0.234 e. The minimum atomic E-state index is -0.659. The highest BCUT2D eigenvalue weighted by Crippen LogP contribution is 2.28. The number of hydrogen-bond donors (Lipinski definition) is 2. The van der Waals surface area contributed by atoms with Crippen LogP contribution in [-0.2, 0) is 14.3 Å². The first-order valence-electron chi connectivity index (χ1n) is 5.15. The lowest BCUT2D eigenvalue weighted by atomic mass is 9.99. The molecule has 0 saturated carbocycles. The molecule has 0 aromatic heterocycles. The number of Topliss-reactive ketones (excluding diaryl/α,β-unsaturated/α-hetero) is 1. The summed E-state index contributed by atoms with van der Waals surface area (Å²) in [6, 6.07) is -0.432. The average molecular weight is 214 g/mol. The van der Waals surface area contributed by atoms with Crippen LogP contribution in [0.2, 0.25) is 0 Å². The number of likely N-dealkylation sites (N-methyl/N-ethyl adjacent to an activating group) is 1. The first-order chi connectivity index (χ1) is 7.03. The van der Waals surface area contributed by atoms with Crippen LogP contribution in [0.1, 0.15) is 20.3 Å². The number of nitrogens with one attached hydrogen (secondary N) is 2. The number of ketones is 1. The van der Waals surface area contributed by atoms with Gasteiger partial charge in [-0.25, -0.2) is 0 Å². The van der Waals surface area contributed by atoms with E-state index in [2.05, 4.69) is 10.6 Å². The predicted molar refractivity (Wildman–Crippen MR) is 55.5 cm³/mol. The molecule has 1 rings (SSSR count). The Labute approximate surface area is 89.6 Å². The Hall–Kier alpha value is -0.940. The van der Waals surface area contributed by atoms with E-state index in [1.807, 2.05) is 6.92 Å². The van der Waals surface area contributed by atoms with E-state index in [9.17, 15) is 9.59 Å². The number of hydrogen-bond acceptors (Lipinski definition) is 4. The standard InChI is InChI=1S/C10H18N2O3/c1-4-7(12-8(13)5-11-3)9(14)10(2)6-15-10/h7,11H,4-6H2,1-3H3,(H,12,13). The molecule has 5 nitrogen and oxygen atoms in total. The summed E-state index contributed by atoms with van der Waals surface area (Å²) in [7, 11) is 1.69. The van der Waals surface area contributed by atoms with Gasteiger partial charge in [-0.05, 0) is 20.4 Å². The molecule has 0 radical (unpaired) electrons. The van der Waals surface area contributed by atoms with E-state index in [-0.39, 0.29) is 18.2 Å². The van der Waals surface area contributed by atoms with Crippen LogP contribution in [0.15, 0.2) is 0 Å². The Kier molecular flexibility index (Phi) is 3.82. The van der Waals surface area contributed by atoms with Crippen molar-refractivity contribution in [3.05, 3.63) is 0 Å². The van der Waals surface area contributed by atoms with Gasteiger partial charge in [0, 0.05) is 0 Å². The van der Waals surface area contributed by atoms with Gasteiger partial charge in [0.25, 0.3) is 0 Å². The van der Waals surface area contributed by atoms with E-state index < -0.39 is 11.6 Å².